The number of piperidine rings is 1. The van der Waals surface area contributed by atoms with Crippen LogP contribution in [0.3, 0.4) is 0 Å². The summed E-state index contributed by atoms with van der Waals surface area (Å²) in [5.74, 6) is 1.77. The molecule has 1 saturated heterocycles. The molecule has 2 aliphatic heterocycles. The van der Waals surface area contributed by atoms with Crippen LogP contribution in [0.25, 0.3) is 0 Å². The van der Waals surface area contributed by atoms with Crippen molar-refractivity contribution in [1.29, 1.82) is 0 Å². The first-order valence-corrected chi connectivity index (χ1v) is 11.7. The van der Waals surface area contributed by atoms with E-state index in [9.17, 15) is 13.2 Å². The van der Waals surface area contributed by atoms with Gasteiger partial charge in [-0.05, 0) is 54.8 Å². The number of carbonyl (C=O) groups is 1. The van der Waals surface area contributed by atoms with Gasteiger partial charge in [-0.2, -0.15) is 4.31 Å². The van der Waals surface area contributed by atoms with E-state index < -0.39 is 10.0 Å². The summed E-state index contributed by atoms with van der Waals surface area (Å²) in [5, 5.41) is 2.89. The van der Waals surface area contributed by atoms with Crippen LogP contribution in [0.1, 0.15) is 31.2 Å². The lowest BCUT2D eigenvalue weighted by molar-refractivity contribution is -0.122. The van der Waals surface area contributed by atoms with Gasteiger partial charge in [-0.3, -0.25) is 4.79 Å². The van der Waals surface area contributed by atoms with Crippen molar-refractivity contribution < 1.29 is 27.4 Å². The predicted molar refractivity (Wildman–Crippen MR) is 114 cm³/mol. The van der Waals surface area contributed by atoms with Gasteiger partial charge in [0, 0.05) is 25.6 Å². The molecule has 1 fully saturated rings. The molecule has 2 aromatic rings. The van der Waals surface area contributed by atoms with E-state index >= 15 is 0 Å². The highest BCUT2D eigenvalue weighted by Gasteiger charge is 2.34. The molecule has 2 aromatic carbocycles. The van der Waals surface area contributed by atoms with Crippen LogP contribution in [0.5, 0.6) is 17.2 Å². The molecule has 0 saturated carbocycles. The molecule has 1 N–H and O–H groups in total. The van der Waals surface area contributed by atoms with Crippen LogP contribution in [0, 0.1) is 0 Å². The maximum absolute atomic E-state index is 13.2. The molecule has 1 unspecified atom stereocenters. The fourth-order valence-corrected chi connectivity index (χ4v) is 5.61. The molecular formula is C22H26N2O6S. The standard InChI is InChI=1S/C22H26N2O6S/c1-28-18-6-8-19(9-7-18)31(26,27)24-11-3-2-4-17(24)13-22(25)23-14-16-5-10-20-21(12-16)30-15-29-20/h5-10,12,17H,2-4,11,13-15H2,1H3,(H,23,25). The summed E-state index contributed by atoms with van der Waals surface area (Å²) in [5.41, 5.74) is 0.893. The first-order chi connectivity index (χ1) is 15.0. The van der Waals surface area contributed by atoms with Crippen LogP contribution in [-0.2, 0) is 21.4 Å². The van der Waals surface area contributed by atoms with Crippen molar-refractivity contribution in [2.45, 2.75) is 43.2 Å². The van der Waals surface area contributed by atoms with E-state index in [1.807, 2.05) is 18.2 Å². The van der Waals surface area contributed by atoms with Gasteiger partial charge in [0.1, 0.15) is 5.75 Å². The number of amides is 1. The van der Waals surface area contributed by atoms with Crippen molar-refractivity contribution in [3.8, 4) is 17.2 Å². The molecule has 0 aliphatic carbocycles. The summed E-state index contributed by atoms with van der Waals surface area (Å²) >= 11 is 0. The molecular weight excluding hydrogens is 420 g/mol. The molecule has 166 valence electrons. The number of methoxy groups -OCH3 is 1. The van der Waals surface area contributed by atoms with E-state index in [4.69, 9.17) is 14.2 Å². The Labute approximate surface area is 182 Å². The maximum atomic E-state index is 13.2. The van der Waals surface area contributed by atoms with Crippen molar-refractivity contribution in [3.05, 3.63) is 48.0 Å². The van der Waals surface area contributed by atoms with Gasteiger partial charge in [0.05, 0.1) is 12.0 Å². The van der Waals surface area contributed by atoms with Crippen LogP contribution >= 0.6 is 0 Å². The average Bonchev–Trinajstić information content (AvgIpc) is 3.26. The molecule has 2 aliphatic rings. The normalized spacial score (nSPS) is 18.5. The van der Waals surface area contributed by atoms with Gasteiger partial charge >= 0.3 is 0 Å². The number of ether oxygens (including phenoxy) is 3. The number of hydrogen-bond donors (Lipinski definition) is 1. The summed E-state index contributed by atoms with van der Waals surface area (Å²) in [6.07, 6.45) is 2.46. The first-order valence-electron chi connectivity index (χ1n) is 10.3. The highest BCUT2D eigenvalue weighted by molar-refractivity contribution is 7.89. The Morgan fingerprint density at radius 3 is 2.68 bits per heavy atom. The lowest BCUT2D eigenvalue weighted by Crippen LogP contribution is -2.45. The lowest BCUT2D eigenvalue weighted by Gasteiger charge is -2.34. The Hall–Kier alpha value is -2.78. The van der Waals surface area contributed by atoms with E-state index in [0.717, 1.165) is 18.4 Å². The Bertz CT molecular complexity index is 1040. The minimum Gasteiger partial charge on any atom is -0.497 e. The second-order valence-corrected chi connectivity index (χ2v) is 9.50. The number of nitrogens with one attached hydrogen (secondary N) is 1. The number of nitrogens with zero attached hydrogens (tertiary/aromatic N) is 1. The van der Waals surface area contributed by atoms with Crippen molar-refractivity contribution in [1.82, 2.24) is 9.62 Å². The van der Waals surface area contributed by atoms with Gasteiger partial charge in [0.15, 0.2) is 11.5 Å². The number of fused-ring (bicyclic) bond motifs is 1. The van der Waals surface area contributed by atoms with Gasteiger partial charge < -0.3 is 19.5 Å². The summed E-state index contributed by atoms with van der Waals surface area (Å²) in [7, 11) is -2.15. The second-order valence-electron chi connectivity index (χ2n) is 7.61. The number of carbonyl (C=O) groups excluding carboxylic acids is 1. The minimum absolute atomic E-state index is 0.125. The fraction of sp³-hybridized carbons (Fsp3) is 0.409. The van der Waals surface area contributed by atoms with Crippen LogP contribution in [0.4, 0.5) is 0 Å². The first kappa shape index (κ1) is 21.5. The highest BCUT2D eigenvalue weighted by atomic mass is 32.2. The van der Waals surface area contributed by atoms with Crippen molar-refractivity contribution in [2.24, 2.45) is 0 Å². The Morgan fingerprint density at radius 2 is 1.90 bits per heavy atom. The Kier molecular flexibility index (Phi) is 6.33. The van der Waals surface area contributed by atoms with E-state index in [-0.39, 0.29) is 30.1 Å². The molecule has 1 atom stereocenters. The zero-order chi connectivity index (χ0) is 21.8. The van der Waals surface area contributed by atoms with Gasteiger partial charge in [-0.25, -0.2) is 8.42 Å². The predicted octanol–water partition coefficient (Wildman–Crippen LogP) is 2.67. The molecule has 31 heavy (non-hydrogen) atoms. The maximum Gasteiger partial charge on any atom is 0.243 e. The molecule has 1 amide bonds. The Balaban J connectivity index is 1.40. The molecule has 8 nitrogen and oxygen atoms in total. The highest BCUT2D eigenvalue weighted by Crippen LogP contribution is 2.32. The molecule has 0 spiro atoms. The van der Waals surface area contributed by atoms with Crippen molar-refractivity contribution in [3.63, 3.8) is 0 Å². The van der Waals surface area contributed by atoms with Crippen LogP contribution in [0.2, 0.25) is 0 Å². The molecule has 0 radical (unpaired) electrons. The van der Waals surface area contributed by atoms with Crippen LogP contribution in [0.15, 0.2) is 47.4 Å². The van der Waals surface area contributed by atoms with Crippen LogP contribution in [-0.4, -0.2) is 45.1 Å². The fourth-order valence-electron chi connectivity index (χ4n) is 3.92. The summed E-state index contributed by atoms with van der Waals surface area (Å²) < 4.78 is 43.6. The molecule has 9 heteroatoms. The molecule has 0 aromatic heterocycles. The Morgan fingerprint density at radius 1 is 1.13 bits per heavy atom. The number of sulfonamides is 1. The minimum atomic E-state index is -3.69. The smallest absolute Gasteiger partial charge is 0.243 e. The monoisotopic (exact) mass is 446 g/mol. The van der Waals surface area contributed by atoms with E-state index in [1.54, 1.807) is 24.3 Å². The summed E-state index contributed by atoms with van der Waals surface area (Å²) in [6.45, 7) is 0.952. The van der Waals surface area contributed by atoms with Gasteiger partial charge in [-0.1, -0.05) is 12.5 Å². The van der Waals surface area contributed by atoms with Crippen molar-refractivity contribution >= 4 is 15.9 Å². The molecule has 4 rings (SSSR count). The average molecular weight is 447 g/mol. The molecule has 0 bridgehead atoms. The zero-order valence-electron chi connectivity index (χ0n) is 17.4. The lowest BCUT2D eigenvalue weighted by atomic mass is 10.0. The largest absolute Gasteiger partial charge is 0.497 e. The third-order valence-corrected chi connectivity index (χ3v) is 7.55. The molecule has 2 heterocycles. The summed E-state index contributed by atoms with van der Waals surface area (Å²) in [4.78, 5) is 12.8. The number of rotatable bonds is 7. The number of hydrogen-bond acceptors (Lipinski definition) is 6. The second kappa shape index (κ2) is 9.15. The SMILES string of the molecule is COc1ccc(S(=O)(=O)N2CCCCC2CC(=O)NCc2ccc3c(c2)OCO3)cc1. The van der Waals surface area contributed by atoms with Gasteiger partial charge in [0.25, 0.3) is 0 Å². The van der Waals surface area contributed by atoms with Crippen LogP contribution < -0.4 is 19.5 Å². The quantitative estimate of drug-likeness (QED) is 0.703. The summed E-state index contributed by atoms with van der Waals surface area (Å²) in [6, 6.07) is 11.5. The third-order valence-electron chi connectivity index (χ3n) is 5.59. The van der Waals surface area contributed by atoms with E-state index in [2.05, 4.69) is 5.32 Å². The third kappa shape index (κ3) is 4.77. The van der Waals surface area contributed by atoms with Crippen molar-refractivity contribution in [2.75, 3.05) is 20.4 Å². The van der Waals surface area contributed by atoms with E-state index in [1.165, 1.54) is 11.4 Å². The van der Waals surface area contributed by atoms with Gasteiger partial charge in [0.2, 0.25) is 22.7 Å². The zero-order valence-corrected chi connectivity index (χ0v) is 18.2. The topological polar surface area (TPSA) is 94.2 Å². The van der Waals surface area contributed by atoms with Gasteiger partial charge in [-0.15, -0.1) is 0 Å². The number of benzene rings is 2. The van der Waals surface area contributed by atoms with E-state index in [0.29, 0.717) is 36.8 Å².